The van der Waals surface area contributed by atoms with Crippen LogP contribution in [0.15, 0.2) is 104 Å². The smallest absolute Gasteiger partial charge is 0.243 e. The molecule has 336 valence electrons. The highest BCUT2D eigenvalue weighted by atomic mass is 16.2. The molecule has 6 atom stereocenters. The fourth-order valence-electron chi connectivity index (χ4n) is 7.77. The molecule has 0 saturated carbocycles. The number of carbonyl (C=O) groups excluding carboxylic acids is 6. The number of amides is 5. The van der Waals surface area contributed by atoms with Crippen LogP contribution in [0.25, 0.3) is 21.8 Å². The topological polar surface area (TPSA) is 289 Å². The number of hydrogen-bond acceptors (Lipinski definition) is 9. The molecule has 0 radical (unpaired) electrons. The minimum absolute atomic E-state index is 0.0188. The van der Waals surface area contributed by atoms with E-state index in [0.29, 0.717) is 31.5 Å². The number of benzene rings is 3. The first-order valence-electron chi connectivity index (χ1n) is 21.5. The Labute approximate surface area is 370 Å². The largest absolute Gasteiger partial charge is 0.369 e. The van der Waals surface area contributed by atoms with Crippen molar-refractivity contribution >= 4 is 57.1 Å². The highest BCUT2D eigenvalue weighted by Gasteiger charge is 2.33. The van der Waals surface area contributed by atoms with Crippen LogP contribution in [0.3, 0.4) is 0 Å². The van der Waals surface area contributed by atoms with E-state index in [9.17, 15) is 28.8 Å². The zero-order chi connectivity index (χ0) is 45.6. The number of H-pyrrole nitrogens is 3. The molecule has 17 nitrogen and oxygen atoms in total. The van der Waals surface area contributed by atoms with Crippen LogP contribution in [0.4, 0.5) is 0 Å². The number of ketones is 1. The number of aromatic nitrogens is 4. The number of nitrogens with two attached hydrogens (primary N) is 3. The Morgan fingerprint density at radius 2 is 1.20 bits per heavy atom. The van der Waals surface area contributed by atoms with Crippen molar-refractivity contribution in [2.75, 3.05) is 6.54 Å². The summed E-state index contributed by atoms with van der Waals surface area (Å²) in [6.07, 6.45) is 8.35. The second-order valence-electron chi connectivity index (χ2n) is 16.2. The number of aromatic amines is 3. The Balaban J connectivity index is 1.22. The molecular weight excluding hydrogens is 815 g/mol. The molecule has 0 spiro atoms. The predicted molar refractivity (Wildman–Crippen MR) is 243 cm³/mol. The number of primary amides is 1. The number of para-hydroxylation sites is 2. The molecule has 0 bridgehead atoms. The molecule has 0 aliphatic rings. The third-order valence-corrected chi connectivity index (χ3v) is 11.4. The first-order chi connectivity index (χ1) is 30.9. The van der Waals surface area contributed by atoms with Gasteiger partial charge in [0.15, 0.2) is 5.78 Å². The number of Topliss-reactive ketones (excluding diaryl/α,β-unsaturated/α-hetero) is 1. The van der Waals surface area contributed by atoms with Crippen molar-refractivity contribution in [3.05, 3.63) is 126 Å². The number of carbonyl (C=O) groups is 6. The number of nitrogens with zero attached hydrogens (tertiary/aromatic N) is 1. The van der Waals surface area contributed by atoms with Gasteiger partial charge in [-0.1, -0.05) is 73.2 Å². The highest BCUT2D eigenvalue weighted by molar-refractivity contribution is 5.97. The third-order valence-electron chi connectivity index (χ3n) is 11.4. The van der Waals surface area contributed by atoms with E-state index < -0.39 is 65.7 Å². The molecule has 0 aliphatic carbocycles. The van der Waals surface area contributed by atoms with E-state index in [-0.39, 0.29) is 37.9 Å². The lowest BCUT2D eigenvalue weighted by Crippen LogP contribution is -2.58. The second kappa shape index (κ2) is 22.3. The van der Waals surface area contributed by atoms with Gasteiger partial charge in [-0.05, 0) is 61.6 Å². The van der Waals surface area contributed by atoms with Gasteiger partial charge in [0.1, 0.15) is 18.1 Å². The lowest BCUT2D eigenvalue weighted by molar-refractivity contribution is -0.134. The van der Waals surface area contributed by atoms with E-state index in [2.05, 4.69) is 41.2 Å². The molecule has 0 saturated heterocycles. The maximum Gasteiger partial charge on any atom is 0.243 e. The van der Waals surface area contributed by atoms with Crippen LogP contribution in [0.1, 0.15) is 55.0 Å². The van der Waals surface area contributed by atoms with Gasteiger partial charge >= 0.3 is 0 Å². The number of imidazole rings is 1. The monoisotopic (exact) mass is 871 g/mol. The standard InChI is InChI=1S/C47H57N11O6/c1-28(55-46(63)40(20-31-24-52-37-16-7-5-14-34(31)37)58-45(62)36(49)23-33-26-51-27-54-33)44(61)57-41(21-32-25-53-38-17-8-6-15-35(32)38)47(64)56-39(19-29-11-3-2-4-12-29)42(59)22-30(43(50)60)13-9-10-18-48/h2-8,11-12,14-17,24-28,30,36,39-41,52-53H,9-10,13,18-23,48-49H2,1H3,(H2,50,60)(H,51,54)(H,55,63)(H,56,64)(H,57,61)(H,58,62)/t28-,30+,36?,39+,40+,41-/m0/s1. The van der Waals surface area contributed by atoms with E-state index >= 15 is 0 Å². The molecule has 0 fully saturated rings. The fourth-order valence-corrected chi connectivity index (χ4v) is 7.77. The number of fused-ring (bicyclic) bond motifs is 2. The van der Waals surface area contributed by atoms with Gasteiger partial charge in [-0.15, -0.1) is 0 Å². The van der Waals surface area contributed by atoms with Gasteiger partial charge in [0.25, 0.3) is 0 Å². The van der Waals surface area contributed by atoms with Crippen LogP contribution in [0, 0.1) is 5.92 Å². The van der Waals surface area contributed by atoms with E-state index in [1.165, 1.54) is 13.3 Å². The minimum atomic E-state index is -1.23. The van der Waals surface area contributed by atoms with Crippen molar-refractivity contribution in [3.63, 3.8) is 0 Å². The van der Waals surface area contributed by atoms with Gasteiger partial charge in [-0.25, -0.2) is 4.98 Å². The van der Waals surface area contributed by atoms with Crippen LogP contribution in [0.2, 0.25) is 0 Å². The van der Waals surface area contributed by atoms with Crippen LogP contribution in [-0.2, 0) is 54.5 Å². The van der Waals surface area contributed by atoms with E-state index in [0.717, 1.165) is 38.5 Å². The number of unbranched alkanes of at least 4 members (excludes halogenated alkanes) is 1. The highest BCUT2D eigenvalue weighted by Crippen LogP contribution is 2.22. The molecule has 3 heterocycles. The summed E-state index contributed by atoms with van der Waals surface area (Å²) < 4.78 is 0. The molecule has 0 aliphatic heterocycles. The SMILES string of the molecule is C[C@H](NC(=O)[C@@H](Cc1c[nH]c2ccccc12)NC(=O)C(N)Cc1cnc[nH]1)C(=O)N[C@@H](Cc1c[nH]c2ccccc12)C(=O)N[C@H](Cc1ccccc1)C(=O)C[C@@H](CCCCN)C(N)=O. The number of nitrogens with one attached hydrogen (secondary N) is 7. The molecule has 6 rings (SSSR count). The molecule has 6 aromatic rings. The first-order valence-corrected chi connectivity index (χ1v) is 21.5. The average molecular weight is 872 g/mol. The van der Waals surface area contributed by atoms with Crippen molar-refractivity contribution < 1.29 is 28.8 Å². The lowest BCUT2D eigenvalue weighted by Gasteiger charge is -2.26. The predicted octanol–water partition coefficient (Wildman–Crippen LogP) is 2.12. The van der Waals surface area contributed by atoms with Gasteiger partial charge in [0, 0.05) is 77.7 Å². The van der Waals surface area contributed by atoms with Gasteiger partial charge in [0.2, 0.25) is 29.5 Å². The van der Waals surface area contributed by atoms with Gasteiger partial charge in [-0.2, -0.15) is 0 Å². The summed E-state index contributed by atoms with van der Waals surface area (Å²) >= 11 is 0. The van der Waals surface area contributed by atoms with Crippen LogP contribution < -0.4 is 38.5 Å². The Hall–Kier alpha value is -7.11. The van der Waals surface area contributed by atoms with Crippen molar-refractivity contribution in [2.24, 2.45) is 23.1 Å². The average Bonchev–Trinajstić information content (AvgIpc) is 4.06. The Morgan fingerprint density at radius 3 is 1.78 bits per heavy atom. The summed E-state index contributed by atoms with van der Waals surface area (Å²) in [5.41, 5.74) is 22.2. The molecule has 5 amide bonds. The van der Waals surface area contributed by atoms with Gasteiger partial charge in [-0.3, -0.25) is 28.8 Å². The number of hydrogen-bond donors (Lipinski definition) is 10. The van der Waals surface area contributed by atoms with E-state index in [1.807, 2.05) is 78.9 Å². The van der Waals surface area contributed by atoms with Crippen molar-refractivity contribution in [3.8, 4) is 0 Å². The van der Waals surface area contributed by atoms with Gasteiger partial charge < -0.3 is 53.4 Å². The summed E-state index contributed by atoms with van der Waals surface area (Å²) in [4.78, 5) is 95.8. The summed E-state index contributed by atoms with van der Waals surface area (Å²) in [6.45, 7) is 1.90. The Morgan fingerprint density at radius 1 is 0.641 bits per heavy atom. The maximum absolute atomic E-state index is 14.5. The quantitative estimate of drug-likeness (QED) is 0.0398. The summed E-state index contributed by atoms with van der Waals surface area (Å²) in [7, 11) is 0. The maximum atomic E-state index is 14.5. The van der Waals surface area contributed by atoms with Crippen molar-refractivity contribution in [1.82, 2.24) is 41.2 Å². The molecular formula is C47H57N11O6. The van der Waals surface area contributed by atoms with Crippen LogP contribution >= 0.6 is 0 Å². The second-order valence-corrected chi connectivity index (χ2v) is 16.2. The van der Waals surface area contributed by atoms with Crippen molar-refractivity contribution in [1.29, 1.82) is 0 Å². The van der Waals surface area contributed by atoms with Crippen molar-refractivity contribution in [2.45, 2.75) is 88.5 Å². The van der Waals surface area contributed by atoms with Crippen LogP contribution in [-0.4, -0.2) is 92.0 Å². The van der Waals surface area contributed by atoms with E-state index in [4.69, 9.17) is 17.2 Å². The molecule has 3 aromatic heterocycles. The minimum Gasteiger partial charge on any atom is -0.369 e. The summed E-state index contributed by atoms with van der Waals surface area (Å²) in [5.74, 6) is -4.34. The summed E-state index contributed by atoms with van der Waals surface area (Å²) in [6, 6.07) is 18.5. The van der Waals surface area contributed by atoms with Crippen LogP contribution in [0.5, 0.6) is 0 Å². The van der Waals surface area contributed by atoms with E-state index in [1.54, 1.807) is 18.6 Å². The molecule has 3 aromatic carbocycles. The molecule has 64 heavy (non-hydrogen) atoms. The molecule has 13 N–H and O–H groups in total. The Bertz CT molecular complexity index is 2520. The summed E-state index contributed by atoms with van der Waals surface area (Å²) in [5, 5.41) is 12.9. The molecule has 17 heteroatoms. The zero-order valence-corrected chi connectivity index (χ0v) is 35.8. The normalized spacial score (nSPS) is 14.2. The fraction of sp³-hybridized carbons (Fsp3) is 0.340. The Kier molecular flexibility index (Phi) is 16.2. The number of rotatable bonds is 24. The third kappa shape index (κ3) is 12.5. The first kappa shape index (κ1) is 46.4. The van der Waals surface area contributed by atoms with Gasteiger partial charge in [0.05, 0.1) is 18.4 Å². The lowest BCUT2D eigenvalue weighted by atomic mass is 9.90. The zero-order valence-electron chi connectivity index (χ0n) is 35.8. The molecule has 1 unspecified atom stereocenters.